The molecular weight excluding hydrogens is 309 g/mol. The van der Waals surface area contributed by atoms with E-state index in [1.54, 1.807) is 12.1 Å². The molecule has 22 heavy (non-hydrogen) atoms. The number of amides is 1. The fourth-order valence-electron chi connectivity index (χ4n) is 2.36. The number of para-hydroxylation sites is 1. The predicted octanol–water partition coefficient (Wildman–Crippen LogP) is 1.54. The van der Waals surface area contributed by atoms with Gasteiger partial charge in [0.05, 0.1) is 18.1 Å². The first-order valence-corrected chi connectivity index (χ1v) is 9.13. The quantitative estimate of drug-likeness (QED) is 0.770. The zero-order valence-electron chi connectivity index (χ0n) is 12.3. The lowest BCUT2D eigenvalue weighted by Crippen LogP contribution is -2.29. The molecule has 1 aliphatic rings. The van der Waals surface area contributed by atoms with Crippen LogP contribution in [0, 0.1) is 11.7 Å². The van der Waals surface area contributed by atoms with Crippen molar-refractivity contribution in [1.82, 2.24) is 5.32 Å². The molecule has 1 atom stereocenters. The Bertz CT molecular complexity index is 618. The van der Waals surface area contributed by atoms with Gasteiger partial charge in [-0.1, -0.05) is 12.1 Å². The maximum atomic E-state index is 13.3. The third kappa shape index (κ3) is 5.29. The summed E-state index contributed by atoms with van der Waals surface area (Å²) in [4.78, 5) is 11.6. The lowest BCUT2D eigenvalue weighted by Gasteiger charge is -2.10. The van der Waals surface area contributed by atoms with E-state index in [9.17, 15) is 17.6 Å². The van der Waals surface area contributed by atoms with E-state index in [1.165, 1.54) is 12.1 Å². The zero-order valence-corrected chi connectivity index (χ0v) is 13.1. The third-order valence-electron chi connectivity index (χ3n) is 3.56. The fourth-order valence-corrected chi connectivity index (χ4v) is 4.22. The molecule has 1 saturated heterocycles. The first-order chi connectivity index (χ1) is 10.5. The highest BCUT2D eigenvalue weighted by Crippen LogP contribution is 2.17. The predicted molar refractivity (Wildman–Crippen MR) is 80.9 cm³/mol. The van der Waals surface area contributed by atoms with Crippen LogP contribution >= 0.6 is 0 Å². The Labute approximate surface area is 129 Å². The molecule has 0 saturated carbocycles. The number of rotatable bonds is 7. The summed E-state index contributed by atoms with van der Waals surface area (Å²) in [6, 6.07) is 6.12. The van der Waals surface area contributed by atoms with Crippen LogP contribution in [0.3, 0.4) is 0 Å². The number of ether oxygens (including phenoxy) is 1. The van der Waals surface area contributed by atoms with Crippen molar-refractivity contribution in [3.05, 3.63) is 30.1 Å². The fraction of sp³-hybridized carbons (Fsp3) is 0.533. The van der Waals surface area contributed by atoms with Crippen LogP contribution < -0.4 is 10.1 Å². The number of nitrogens with one attached hydrogen (secondary N) is 1. The molecule has 1 aromatic carbocycles. The van der Waals surface area contributed by atoms with Gasteiger partial charge >= 0.3 is 0 Å². The van der Waals surface area contributed by atoms with E-state index in [0.717, 1.165) is 0 Å². The molecule has 1 amide bonds. The molecule has 2 rings (SSSR count). The maximum Gasteiger partial charge on any atom is 0.220 e. The average molecular weight is 329 g/mol. The van der Waals surface area contributed by atoms with Gasteiger partial charge in [0.1, 0.15) is 0 Å². The second kappa shape index (κ2) is 7.58. The van der Waals surface area contributed by atoms with Crippen molar-refractivity contribution in [2.75, 3.05) is 24.7 Å². The minimum Gasteiger partial charge on any atom is -0.491 e. The molecular formula is C15H20FNO4S. The van der Waals surface area contributed by atoms with Gasteiger partial charge in [0.2, 0.25) is 5.91 Å². The second-order valence-electron chi connectivity index (χ2n) is 5.46. The lowest BCUT2D eigenvalue weighted by molar-refractivity contribution is -0.121. The molecule has 122 valence electrons. The molecule has 1 aliphatic heterocycles. The first-order valence-electron chi connectivity index (χ1n) is 7.31. The van der Waals surface area contributed by atoms with Crippen molar-refractivity contribution >= 4 is 15.7 Å². The highest BCUT2D eigenvalue weighted by Gasteiger charge is 2.27. The Morgan fingerprint density at radius 2 is 2.14 bits per heavy atom. The number of carbonyl (C=O) groups is 1. The molecule has 0 bridgehead atoms. The molecule has 1 fully saturated rings. The molecule has 7 heteroatoms. The standard InChI is InChI=1S/C15H20FNO4S/c16-13-4-1-2-5-14(13)21-8-3-6-15(18)17-10-12-7-9-22(19,20)11-12/h1-2,4-5,12H,3,6-11H2,(H,17,18). The summed E-state index contributed by atoms with van der Waals surface area (Å²) in [5, 5.41) is 2.74. The monoisotopic (exact) mass is 329 g/mol. The highest BCUT2D eigenvalue weighted by molar-refractivity contribution is 7.91. The minimum absolute atomic E-state index is 0.0172. The van der Waals surface area contributed by atoms with Gasteiger partial charge in [0.15, 0.2) is 21.4 Å². The van der Waals surface area contributed by atoms with E-state index < -0.39 is 15.7 Å². The third-order valence-corrected chi connectivity index (χ3v) is 5.39. The Hall–Kier alpha value is -1.63. The van der Waals surface area contributed by atoms with Crippen LogP contribution in [-0.2, 0) is 14.6 Å². The molecule has 1 aromatic rings. The van der Waals surface area contributed by atoms with Gasteiger partial charge in [0.25, 0.3) is 0 Å². The number of benzene rings is 1. The molecule has 5 nitrogen and oxygen atoms in total. The zero-order chi connectivity index (χ0) is 16.0. The van der Waals surface area contributed by atoms with Crippen molar-refractivity contribution in [3.8, 4) is 5.75 Å². The number of sulfone groups is 1. The van der Waals surface area contributed by atoms with Crippen LogP contribution in [0.2, 0.25) is 0 Å². The number of carbonyl (C=O) groups excluding carboxylic acids is 1. The number of halogens is 1. The number of hydrogen-bond acceptors (Lipinski definition) is 4. The van der Waals surface area contributed by atoms with Crippen LogP contribution in [0.1, 0.15) is 19.3 Å². The van der Waals surface area contributed by atoms with Crippen molar-refractivity contribution in [3.63, 3.8) is 0 Å². The van der Waals surface area contributed by atoms with Crippen LogP contribution in [0.15, 0.2) is 24.3 Å². The van der Waals surface area contributed by atoms with Crippen molar-refractivity contribution in [1.29, 1.82) is 0 Å². The highest BCUT2D eigenvalue weighted by atomic mass is 32.2. The summed E-state index contributed by atoms with van der Waals surface area (Å²) in [7, 11) is -2.91. The van der Waals surface area contributed by atoms with Gasteiger partial charge in [-0.2, -0.15) is 0 Å². The smallest absolute Gasteiger partial charge is 0.220 e. The molecule has 0 spiro atoms. The van der Waals surface area contributed by atoms with Crippen LogP contribution in [-0.4, -0.2) is 39.0 Å². The summed E-state index contributed by atoms with van der Waals surface area (Å²) >= 11 is 0. The van der Waals surface area contributed by atoms with Crippen molar-refractivity contribution in [2.45, 2.75) is 19.3 Å². The van der Waals surface area contributed by atoms with Gasteiger partial charge in [-0.3, -0.25) is 4.79 Å². The SMILES string of the molecule is O=C(CCCOc1ccccc1F)NCC1CCS(=O)(=O)C1. The lowest BCUT2D eigenvalue weighted by atomic mass is 10.1. The van der Waals surface area contributed by atoms with E-state index in [1.807, 2.05) is 0 Å². The molecule has 0 aliphatic carbocycles. The molecule has 1 N–H and O–H groups in total. The van der Waals surface area contributed by atoms with Gasteiger partial charge in [-0.05, 0) is 30.9 Å². The van der Waals surface area contributed by atoms with E-state index >= 15 is 0 Å². The van der Waals surface area contributed by atoms with Gasteiger partial charge in [-0.15, -0.1) is 0 Å². The summed E-state index contributed by atoms with van der Waals surface area (Å²) < 4.78 is 41.1. The largest absolute Gasteiger partial charge is 0.491 e. The Morgan fingerprint density at radius 3 is 2.82 bits per heavy atom. The van der Waals surface area contributed by atoms with Gasteiger partial charge < -0.3 is 10.1 Å². The van der Waals surface area contributed by atoms with E-state index in [-0.39, 0.29) is 42.1 Å². The van der Waals surface area contributed by atoms with Gasteiger partial charge in [-0.25, -0.2) is 12.8 Å². The first kappa shape index (κ1) is 16.7. The summed E-state index contributed by atoms with van der Waals surface area (Å²) in [5.74, 6) is 0.00625. The molecule has 1 heterocycles. The molecule has 1 unspecified atom stereocenters. The molecule has 0 radical (unpaired) electrons. The average Bonchev–Trinajstić information content (AvgIpc) is 2.82. The number of hydrogen-bond donors (Lipinski definition) is 1. The van der Waals surface area contributed by atoms with Gasteiger partial charge in [0, 0.05) is 13.0 Å². The Balaban J connectivity index is 1.59. The maximum absolute atomic E-state index is 13.3. The Kier molecular flexibility index (Phi) is 5.76. The van der Waals surface area contributed by atoms with Crippen LogP contribution in [0.5, 0.6) is 5.75 Å². The van der Waals surface area contributed by atoms with E-state index in [2.05, 4.69) is 5.32 Å². The van der Waals surface area contributed by atoms with E-state index in [0.29, 0.717) is 19.4 Å². The normalized spacial score (nSPS) is 19.8. The minimum atomic E-state index is -2.91. The summed E-state index contributed by atoms with van der Waals surface area (Å²) in [6.07, 6.45) is 1.36. The van der Waals surface area contributed by atoms with E-state index in [4.69, 9.17) is 4.74 Å². The van der Waals surface area contributed by atoms with Crippen molar-refractivity contribution < 1.29 is 22.3 Å². The molecule has 0 aromatic heterocycles. The second-order valence-corrected chi connectivity index (χ2v) is 7.68. The summed E-state index contributed by atoms with van der Waals surface area (Å²) in [5.41, 5.74) is 0. The topological polar surface area (TPSA) is 72.5 Å². The van der Waals surface area contributed by atoms with Crippen molar-refractivity contribution in [2.24, 2.45) is 5.92 Å². The Morgan fingerprint density at radius 1 is 1.36 bits per heavy atom. The summed E-state index contributed by atoms with van der Waals surface area (Å²) in [6.45, 7) is 0.651. The van der Waals surface area contributed by atoms with Crippen LogP contribution in [0.25, 0.3) is 0 Å². The van der Waals surface area contributed by atoms with Crippen LogP contribution in [0.4, 0.5) is 4.39 Å².